The quantitative estimate of drug-likeness (QED) is 0.774. The highest BCUT2D eigenvalue weighted by atomic mass is 19.1. The summed E-state index contributed by atoms with van der Waals surface area (Å²) < 4.78 is 18.8. The highest BCUT2D eigenvalue weighted by Crippen LogP contribution is 2.28. The Labute approximate surface area is 118 Å². The first-order valence-electron chi connectivity index (χ1n) is 6.51. The van der Waals surface area contributed by atoms with Gasteiger partial charge in [0.05, 0.1) is 12.7 Å². The molecule has 3 heteroatoms. The summed E-state index contributed by atoms with van der Waals surface area (Å²) in [6, 6.07) is 12.0. The summed E-state index contributed by atoms with van der Waals surface area (Å²) in [5, 5.41) is 0. The summed E-state index contributed by atoms with van der Waals surface area (Å²) in [6.45, 7) is 4.19. The zero-order valence-corrected chi connectivity index (χ0v) is 11.8. The van der Waals surface area contributed by atoms with Crippen LogP contribution in [0.2, 0.25) is 0 Å². The zero-order valence-electron chi connectivity index (χ0n) is 11.8. The van der Waals surface area contributed by atoms with Crippen molar-refractivity contribution >= 4 is 5.97 Å². The van der Waals surface area contributed by atoms with Crippen molar-refractivity contribution in [2.75, 3.05) is 7.11 Å². The molecule has 0 aliphatic rings. The number of hydrogen-bond donors (Lipinski definition) is 0. The third-order valence-corrected chi connectivity index (χ3v) is 3.28. The van der Waals surface area contributed by atoms with E-state index >= 15 is 0 Å². The van der Waals surface area contributed by atoms with Crippen LogP contribution >= 0.6 is 0 Å². The summed E-state index contributed by atoms with van der Waals surface area (Å²) in [5.74, 6) is -0.553. The molecule has 2 aromatic rings. The molecule has 2 rings (SSSR count). The minimum Gasteiger partial charge on any atom is -0.465 e. The van der Waals surface area contributed by atoms with Crippen LogP contribution in [0, 0.1) is 5.82 Å². The number of esters is 1. The van der Waals surface area contributed by atoms with Crippen LogP contribution in [-0.4, -0.2) is 13.1 Å². The molecular formula is C17H17FO2. The van der Waals surface area contributed by atoms with Gasteiger partial charge in [-0.2, -0.15) is 0 Å². The van der Waals surface area contributed by atoms with Gasteiger partial charge in [-0.1, -0.05) is 44.2 Å². The molecular weight excluding hydrogens is 255 g/mol. The largest absolute Gasteiger partial charge is 0.465 e. The first-order valence-corrected chi connectivity index (χ1v) is 6.51. The lowest BCUT2D eigenvalue weighted by molar-refractivity contribution is 0.0601. The zero-order chi connectivity index (χ0) is 14.7. The van der Waals surface area contributed by atoms with Crippen LogP contribution in [0.3, 0.4) is 0 Å². The molecule has 0 atom stereocenters. The summed E-state index contributed by atoms with van der Waals surface area (Å²) in [5.41, 5.74) is 2.37. The summed E-state index contributed by atoms with van der Waals surface area (Å²) in [7, 11) is 1.29. The minimum atomic E-state index is -0.535. The monoisotopic (exact) mass is 272 g/mol. The maximum Gasteiger partial charge on any atom is 0.338 e. The number of methoxy groups -OCH3 is 1. The first kappa shape index (κ1) is 14.3. The van der Waals surface area contributed by atoms with Crippen molar-refractivity contribution in [2.24, 2.45) is 0 Å². The van der Waals surface area contributed by atoms with Gasteiger partial charge < -0.3 is 4.74 Å². The molecule has 0 N–H and O–H groups in total. The van der Waals surface area contributed by atoms with Gasteiger partial charge in [0.1, 0.15) is 5.82 Å². The van der Waals surface area contributed by atoms with Gasteiger partial charge in [0.25, 0.3) is 0 Å². The molecule has 0 bridgehead atoms. The van der Waals surface area contributed by atoms with Crippen LogP contribution in [0.15, 0.2) is 42.5 Å². The van der Waals surface area contributed by atoms with Crippen molar-refractivity contribution in [1.29, 1.82) is 0 Å². The van der Waals surface area contributed by atoms with Crippen molar-refractivity contribution in [1.82, 2.24) is 0 Å². The second-order valence-electron chi connectivity index (χ2n) is 4.93. The van der Waals surface area contributed by atoms with Gasteiger partial charge in [0.2, 0.25) is 0 Å². The van der Waals surface area contributed by atoms with E-state index in [0.717, 1.165) is 0 Å². The molecule has 0 saturated carbocycles. The van der Waals surface area contributed by atoms with E-state index in [4.69, 9.17) is 4.74 Å². The van der Waals surface area contributed by atoms with Gasteiger partial charge in [0.15, 0.2) is 0 Å². The Morgan fingerprint density at radius 2 is 1.75 bits per heavy atom. The number of ether oxygens (including phenoxy) is 1. The van der Waals surface area contributed by atoms with Gasteiger partial charge >= 0.3 is 5.97 Å². The SMILES string of the molecule is COC(=O)c1cccc(F)c1-c1ccc(C(C)C)cc1. The Hall–Kier alpha value is -2.16. The average Bonchev–Trinajstić information content (AvgIpc) is 2.46. The Morgan fingerprint density at radius 1 is 1.10 bits per heavy atom. The van der Waals surface area contributed by atoms with Gasteiger partial charge in [-0.05, 0) is 29.2 Å². The van der Waals surface area contributed by atoms with Crippen LogP contribution < -0.4 is 0 Å². The molecule has 0 heterocycles. The van der Waals surface area contributed by atoms with E-state index in [-0.39, 0.29) is 11.1 Å². The van der Waals surface area contributed by atoms with E-state index < -0.39 is 11.8 Å². The molecule has 0 aromatic heterocycles. The van der Waals surface area contributed by atoms with E-state index in [1.165, 1.54) is 24.8 Å². The standard InChI is InChI=1S/C17H17FO2/c1-11(2)12-7-9-13(10-8-12)16-14(17(19)20-3)5-4-6-15(16)18/h4-11H,1-3H3. The van der Waals surface area contributed by atoms with E-state index in [1.807, 2.05) is 24.3 Å². The molecule has 0 fully saturated rings. The molecule has 0 spiro atoms. The molecule has 0 saturated heterocycles. The van der Waals surface area contributed by atoms with E-state index in [1.54, 1.807) is 6.07 Å². The highest BCUT2D eigenvalue weighted by Gasteiger charge is 2.17. The Morgan fingerprint density at radius 3 is 2.30 bits per heavy atom. The lowest BCUT2D eigenvalue weighted by Crippen LogP contribution is -2.05. The predicted molar refractivity (Wildman–Crippen MR) is 77.3 cm³/mol. The molecule has 0 unspecified atom stereocenters. The Bertz CT molecular complexity index is 615. The normalized spacial score (nSPS) is 10.7. The maximum atomic E-state index is 14.1. The van der Waals surface area contributed by atoms with Crippen molar-refractivity contribution in [3.63, 3.8) is 0 Å². The smallest absolute Gasteiger partial charge is 0.338 e. The lowest BCUT2D eigenvalue weighted by Gasteiger charge is -2.11. The molecule has 104 valence electrons. The molecule has 2 aromatic carbocycles. The maximum absolute atomic E-state index is 14.1. The van der Waals surface area contributed by atoms with Crippen LogP contribution in [-0.2, 0) is 4.74 Å². The fourth-order valence-corrected chi connectivity index (χ4v) is 2.13. The predicted octanol–water partition coefficient (Wildman–Crippen LogP) is 4.40. The van der Waals surface area contributed by atoms with Gasteiger partial charge in [0, 0.05) is 5.56 Å². The summed E-state index contributed by atoms with van der Waals surface area (Å²) >= 11 is 0. The van der Waals surface area contributed by atoms with Crippen molar-refractivity contribution < 1.29 is 13.9 Å². The third-order valence-electron chi connectivity index (χ3n) is 3.28. The van der Waals surface area contributed by atoms with Crippen LogP contribution in [0.1, 0.15) is 35.7 Å². The fourth-order valence-electron chi connectivity index (χ4n) is 2.13. The second kappa shape index (κ2) is 5.87. The van der Waals surface area contributed by atoms with E-state index in [2.05, 4.69) is 13.8 Å². The van der Waals surface area contributed by atoms with Gasteiger partial charge in [-0.3, -0.25) is 0 Å². The first-order chi connectivity index (χ1) is 9.54. The van der Waals surface area contributed by atoms with Crippen LogP contribution in [0.25, 0.3) is 11.1 Å². The van der Waals surface area contributed by atoms with Crippen molar-refractivity contribution in [3.05, 3.63) is 59.4 Å². The number of carbonyl (C=O) groups is 1. The van der Waals surface area contributed by atoms with Crippen molar-refractivity contribution in [2.45, 2.75) is 19.8 Å². The van der Waals surface area contributed by atoms with E-state index in [0.29, 0.717) is 11.5 Å². The molecule has 0 amide bonds. The number of benzene rings is 2. The molecule has 0 aliphatic heterocycles. The lowest BCUT2D eigenvalue weighted by atomic mass is 9.95. The Balaban J connectivity index is 2.54. The summed E-state index contributed by atoms with van der Waals surface area (Å²) in [6.07, 6.45) is 0. The number of hydrogen-bond acceptors (Lipinski definition) is 2. The average molecular weight is 272 g/mol. The highest BCUT2D eigenvalue weighted by molar-refractivity contribution is 5.97. The molecule has 20 heavy (non-hydrogen) atoms. The number of rotatable bonds is 3. The van der Waals surface area contributed by atoms with Gasteiger partial charge in [-0.25, -0.2) is 9.18 Å². The molecule has 0 aliphatic carbocycles. The van der Waals surface area contributed by atoms with E-state index in [9.17, 15) is 9.18 Å². The second-order valence-corrected chi connectivity index (χ2v) is 4.93. The molecule has 0 radical (unpaired) electrons. The van der Waals surface area contributed by atoms with Crippen molar-refractivity contribution in [3.8, 4) is 11.1 Å². The topological polar surface area (TPSA) is 26.3 Å². The summed E-state index contributed by atoms with van der Waals surface area (Å²) in [4.78, 5) is 11.7. The van der Waals surface area contributed by atoms with Gasteiger partial charge in [-0.15, -0.1) is 0 Å². The third kappa shape index (κ3) is 2.72. The Kier molecular flexibility index (Phi) is 4.18. The van der Waals surface area contributed by atoms with Crippen LogP contribution in [0.5, 0.6) is 0 Å². The minimum absolute atomic E-state index is 0.241. The molecule has 2 nitrogen and oxygen atoms in total. The fraction of sp³-hybridized carbons (Fsp3) is 0.235. The number of halogens is 1. The van der Waals surface area contributed by atoms with Crippen LogP contribution in [0.4, 0.5) is 4.39 Å². The number of carbonyl (C=O) groups excluding carboxylic acids is 1.